The predicted octanol–water partition coefficient (Wildman–Crippen LogP) is -0.173. The number of benzene rings is 2. The summed E-state index contributed by atoms with van der Waals surface area (Å²) in [6, 6.07) is 10.2. The number of aromatic hydroxyl groups is 1. The van der Waals surface area contributed by atoms with E-state index in [-0.39, 0.29) is 25.1 Å². The first-order valence-electron chi connectivity index (χ1n) is 15.5. The molecule has 0 unspecified atom stereocenters. The lowest BCUT2D eigenvalue weighted by Gasteiger charge is -2.31. The van der Waals surface area contributed by atoms with E-state index in [1.807, 2.05) is 30.3 Å². The van der Waals surface area contributed by atoms with Crippen molar-refractivity contribution in [1.82, 2.24) is 26.2 Å². The highest BCUT2D eigenvalue weighted by Crippen LogP contribution is 2.21. The van der Waals surface area contributed by atoms with E-state index in [4.69, 9.17) is 10.8 Å². The zero-order valence-corrected chi connectivity index (χ0v) is 26.8. The second kappa shape index (κ2) is 17.1. The molecule has 2 aromatic carbocycles. The number of rotatable bonds is 15. The number of carboxylic acid groups (broad SMARTS) is 1. The van der Waals surface area contributed by atoms with Gasteiger partial charge in [0.1, 0.15) is 29.9 Å². The number of phenols is 1. The van der Waals surface area contributed by atoms with E-state index in [0.29, 0.717) is 18.4 Å². The van der Waals surface area contributed by atoms with Crippen molar-refractivity contribution in [2.75, 3.05) is 13.1 Å². The van der Waals surface area contributed by atoms with E-state index in [2.05, 4.69) is 21.3 Å². The zero-order chi connectivity index (χ0) is 34.7. The molecule has 1 aliphatic heterocycles. The van der Waals surface area contributed by atoms with Crippen LogP contribution in [0.2, 0.25) is 0 Å². The predicted molar refractivity (Wildman–Crippen MR) is 172 cm³/mol. The van der Waals surface area contributed by atoms with Gasteiger partial charge in [0.05, 0.1) is 12.6 Å². The molecule has 47 heavy (non-hydrogen) atoms. The van der Waals surface area contributed by atoms with Gasteiger partial charge in [-0.2, -0.15) is 0 Å². The normalized spacial score (nSPS) is 16.8. The first-order valence-corrected chi connectivity index (χ1v) is 15.5. The Balaban J connectivity index is 1.72. The van der Waals surface area contributed by atoms with Crippen LogP contribution < -0.4 is 27.0 Å². The van der Waals surface area contributed by atoms with E-state index in [1.54, 1.807) is 26.0 Å². The van der Waals surface area contributed by atoms with Gasteiger partial charge in [0.15, 0.2) is 0 Å². The minimum atomic E-state index is -1.22. The Kier molecular flexibility index (Phi) is 13.3. The summed E-state index contributed by atoms with van der Waals surface area (Å²) in [5.74, 6) is -4.54. The average molecular weight is 653 g/mol. The van der Waals surface area contributed by atoms with Crippen molar-refractivity contribution in [1.29, 1.82) is 0 Å². The summed E-state index contributed by atoms with van der Waals surface area (Å²) in [4.78, 5) is 78.1. The number of carboxylic acids is 1. The molecule has 14 heteroatoms. The molecule has 0 aliphatic carbocycles. The van der Waals surface area contributed by atoms with Gasteiger partial charge in [-0.1, -0.05) is 56.3 Å². The largest absolute Gasteiger partial charge is 0.508 e. The Morgan fingerprint density at radius 1 is 0.872 bits per heavy atom. The van der Waals surface area contributed by atoms with E-state index in [1.165, 1.54) is 24.0 Å². The highest BCUT2D eigenvalue weighted by molar-refractivity contribution is 5.96. The first kappa shape index (κ1) is 36.5. The number of phenolic OH excluding ortho intramolecular Hbond substituents is 1. The van der Waals surface area contributed by atoms with Crippen molar-refractivity contribution in [2.24, 2.45) is 11.7 Å². The molecule has 1 saturated heterocycles. The molecule has 1 fully saturated rings. The fourth-order valence-electron chi connectivity index (χ4n) is 5.21. The van der Waals surface area contributed by atoms with Gasteiger partial charge in [0.25, 0.3) is 0 Å². The molecular formula is C33H44N6O8. The molecule has 0 aromatic heterocycles. The van der Waals surface area contributed by atoms with E-state index in [0.717, 1.165) is 5.56 Å². The molecule has 0 bridgehead atoms. The number of amides is 5. The van der Waals surface area contributed by atoms with Crippen LogP contribution in [-0.4, -0.2) is 93.9 Å². The molecule has 0 saturated carbocycles. The molecule has 14 nitrogen and oxygen atoms in total. The number of hydrogen-bond donors (Lipinski definition) is 7. The first-order chi connectivity index (χ1) is 22.3. The number of hydrogen-bond acceptors (Lipinski definition) is 8. The Labute approximate surface area is 273 Å². The average Bonchev–Trinajstić information content (AvgIpc) is 3.53. The van der Waals surface area contributed by atoms with Gasteiger partial charge in [-0.25, -0.2) is 0 Å². The van der Waals surface area contributed by atoms with Gasteiger partial charge in [-0.05, 0) is 55.4 Å². The fourth-order valence-corrected chi connectivity index (χ4v) is 5.21. The smallest absolute Gasteiger partial charge is 0.325 e. The third kappa shape index (κ3) is 10.8. The number of nitrogens with two attached hydrogens (primary N) is 1. The van der Waals surface area contributed by atoms with Gasteiger partial charge >= 0.3 is 5.97 Å². The van der Waals surface area contributed by atoms with Gasteiger partial charge in [0, 0.05) is 13.0 Å². The summed E-state index contributed by atoms with van der Waals surface area (Å²) in [6.45, 7) is 4.56. The monoisotopic (exact) mass is 652 g/mol. The lowest BCUT2D eigenvalue weighted by molar-refractivity contribution is -0.143. The van der Waals surface area contributed by atoms with Crippen LogP contribution in [-0.2, 0) is 41.6 Å². The molecule has 2 aromatic rings. The standard InChI is InChI=1S/C33H44N6O8/c1-19(2)28(32(45)39-15-7-10-26(39)31(44)35-18-27(41)36-20(3)33(46)47)38-30(43)25(17-22-11-13-23(40)14-12-22)37-29(42)24(34)16-21-8-5-4-6-9-21/h4-6,8-9,11-14,19-20,24-26,28,40H,7,10,15-18,34H2,1-3H3,(H,35,44)(H,36,41)(H,37,42)(H,38,43)(H,46,47)/t20-,24+,25-,26-,28-/m0/s1. The molecule has 0 spiro atoms. The summed E-state index contributed by atoms with van der Waals surface area (Å²) in [5, 5.41) is 28.9. The minimum absolute atomic E-state index is 0.0359. The number of nitrogens with one attached hydrogen (secondary N) is 4. The maximum atomic E-state index is 13.8. The van der Waals surface area contributed by atoms with Crippen molar-refractivity contribution in [3.05, 3.63) is 65.7 Å². The van der Waals surface area contributed by atoms with Crippen LogP contribution in [0.3, 0.4) is 0 Å². The molecule has 0 radical (unpaired) electrons. The van der Waals surface area contributed by atoms with E-state index >= 15 is 0 Å². The van der Waals surface area contributed by atoms with Crippen LogP contribution in [0.1, 0.15) is 44.7 Å². The maximum Gasteiger partial charge on any atom is 0.325 e. The van der Waals surface area contributed by atoms with Gasteiger partial charge in [-0.3, -0.25) is 28.8 Å². The maximum absolute atomic E-state index is 13.8. The molecule has 5 amide bonds. The Bertz CT molecular complexity index is 1420. The summed E-state index contributed by atoms with van der Waals surface area (Å²) < 4.78 is 0. The lowest BCUT2D eigenvalue weighted by Crippen LogP contribution is -2.59. The van der Waals surface area contributed by atoms with Gasteiger partial charge in [0.2, 0.25) is 29.5 Å². The molecule has 254 valence electrons. The lowest BCUT2D eigenvalue weighted by atomic mass is 9.99. The van der Waals surface area contributed by atoms with E-state index in [9.17, 15) is 33.9 Å². The third-order valence-corrected chi connectivity index (χ3v) is 7.88. The second-order valence-corrected chi connectivity index (χ2v) is 12.0. The Morgan fingerprint density at radius 3 is 2.13 bits per heavy atom. The summed E-state index contributed by atoms with van der Waals surface area (Å²) >= 11 is 0. The van der Waals surface area contributed by atoms with Crippen LogP contribution in [0.25, 0.3) is 0 Å². The van der Waals surface area contributed by atoms with Gasteiger partial charge < -0.3 is 42.1 Å². The van der Waals surface area contributed by atoms with Crippen molar-refractivity contribution in [3.63, 3.8) is 0 Å². The molecule has 1 aliphatic rings. The van der Waals surface area contributed by atoms with Gasteiger partial charge in [-0.15, -0.1) is 0 Å². The van der Waals surface area contributed by atoms with Crippen LogP contribution in [0.4, 0.5) is 0 Å². The van der Waals surface area contributed by atoms with Crippen molar-refractivity contribution in [3.8, 4) is 5.75 Å². The van der Waals surface area contributed by atoms with Crippen LogP contribution in [0.15, 0.2) is 54.6 Å². The molecule has 5 atom stereocenters. The quantitative estimate of drug-likeness (QED) is 0.136. The SMILES string of the molecule is CC(C)[C@H](NC(=O)[C@H](Cc1ccc(O)cc1)NC(=O)[C@H](N)Cc1ccccc1)C(=O)N1CCC[C@H]1C(=O)NCC(=O)N[C@@H](C)C(=O)O. The number of aliphatic carboxylic acids is 1. The molecule has 8 N–H and O–H groups in total. The van der Waals surface area contributed by atoms with Crippen LogP contribution >= 0.6 is 0 Å². The molecular weight excluding hydrogens is 608 g/mol. The summed E-state index contributed by atoms with van der Waals surface area (Å²) in [6.07, 6.45) is 1.14. The second-order valence-electron chi connectivity index (χ2n) is 12.0. The Hall–Kier alpha value is -4.98. The molecule has 3 rings (SSSR count). The highest BCUT2D eigenvalue weighted by Gasteiger charge is 2.39. The van der Waals surface area contributed by atoms with Crippen molar-refractivity contribution < 1.29 is 39.0 Å². The number of likely N-dealkylation sites (tertiary alicyclic amines) is 1. The van der Waals surface area contributed by atoms with Crippen molar-refractivity contribution in [2.45, 2.75) is 76.7 Å². The fraction of sp³-hybridized carbons (Fsp3) is 0.455. The molecule has 1 heterocycles. The van der Waals surface area contributed by atoms with Crippen LogP contribution in [0, 0.1) is 5.92 Å². The number of carbonyl (C=O) groups is 6. The number of carbonyl (C=O) groups excluding carboxylic acids is 5. The minimum Gasteiger partial charge on any atom is -0.508 e. The highest BCUT2D eigenvalue weighted by atomic mass is 16.4. The topological polar surface area (TPSA) is 220 Å². The zero-order valence-electron chi connectivity index (χ0n) is 26.8. The van der Waals surface area contributed by atoms with Crippen molar-refractivity contribution >= 4 is 35.5 Å². The Morgan fingerprint density at radius 2 is 1.51 bits per heavy atom. The number of nitrogens with zero attached hydrogens (tertiary/aromatic N) is 1. The van der Waals surface area contributed by atoms with E-state index < -0.39 is 78.2 Å². The van der Waals surface area contributed by atoms with Crippen LogP contribution in [0.5, 0.6) is 5.75 Å². The third-order valence-electron chi connectivity index (χ3n) is 7.88. The summed E-state index contributed by atoms with van der Waals surface area (Å²) in [7, 11) is 0. The summed E-state index contributed by atoms with van der Waals surface area (Å²) in [5.41, 5.74) is 7.68.